The van der Waals surface area contributed by atoms with Gasteiger partial charge in [-0.05, 0) is 36.2 Å². The van der Waals surface area contributed by atoms with E-state index >= 15 is 0 Å². The Morgan fingerprint density at radius 2 is 1.85 bits per heavy atom. The topological polar surface area (TPSA) is 81.3 Å². The number of hydrogen-bond donors (Lipinski definition) is 1. The molecule has 0 aliphatic carbocycles. The smallest absolute Gasteiger partial charge is 0.408 e. The highest BCUT2D eigenvalue weighted by Gasteiger charge is 2.26. The minimum atomic E-state index is -4.02. The summed E-state index contributed by atoms with van der Waals surface area (Å²) in [5.41, 5.74) is 1.08. The van der Waals surface area contributed by atoms with Gasteiger partial charge in [0.1, 0.15) is 4.90 Å². The van der Waals surface area contributed by atoms with E-state index in [4.69, 9.17) is 39.2 Å². The third-order valence-corrected chi connectivity index (χ3v) is 6.69. The Morgan fingerprint density at radius 1 is 1.15 bits per heavy atom. The lowest BCUT2D eigenvalue weighted by Gasteiger charge is -2.19. The molecule has 1 atom stereocenters. The first-order valence-corrected chi connectivity index (χ1v) is 10.5. The fourth-order valence-corrected chi connectivity index (χ4v) is 5.00. The predicted molar refractivity (Wildman–Crippen MR) is 106 cm³/mol. The highest BCUT2D eigenvalue weighted by Crippen LogP contribution is 2.32. The summed E-state index contributed by atoms with van der Waals surface area (Å²) in [5, 5.41) is 0.782. The van der Waals surface area contributed by atoms with E-state index in [1.807, 2.05) is 6.92 Å². The SMILES string of the molecule is CC[C@H](NS(=O)(=O)c1cc2c(cc1Cl)oc(=O)n2C)c1cc(Cl)ccc1Cl. The highest BCUT2D eigenvalue weighted by molar-refractivity contribution is 7.89. The first kappa shape index (κ1) is 20.2. The Morgan fingerprint density at radius 3 is 2.52 bits per heavy atom. The Hall–Kier alpha value is -1.51. The van der Waals surface area contributed by atoms with Crippen molar-refractivity contribution in [2.45, 2.75) is 24.3 Å². The zero-order valence-electron chi connectivity index (χ0n) is 14.3. The molecule has 0 unspecified atom stereocenters. The normalized spacial score (nSPS) is 13.2. The van der Waals surface area contributed by atoms with Gasteiger partial charge in [-0.1, -0.05) is 41.7 Å². The van der Waals surface area contributed by atoms with Gasteiger partial charge in [0.05, 0.1) is 10.5 Å². The molecule has 3 aromatic rings. The molecule has 3 rings (SSSR count). The van der Waals surface area contributed by atoms with Crippen LogP contribution in [-0.4, -0.2) is 13.0 Å². The molecule has 0 amide bonds. The number of aryl methyl sites for hydroxylation is 1. The van der Waals surface area contributed by atoms with E-state index in [2.05, 4.69) is 4.72 Å². The Bertz CT molecular complexity index is 1180. The number of rotatable bonds is 5. The average Bonchev–Trinajstić information content (AvgIpc) is 2.87. The molecule has 0 aliphatic heterocycles. The fraction of sp³-hybridized carbons (Fsp3) is 0.235. The van der Waals surface area contributed by atoms with Crippen LogP contribution in [0.25, 0.3) is 11.1 Å². The van der Waals surface area contributed by atoms with E-state index < -0.39 is 21.8 Å². The van der Waals surface area contributed by atoms with E-state index in [0.717, 1.165) is 0 Å². The van der Waals surface area contributed by atoms with E-state index in [1.165, 1.54) is 23.7 Å². The van der Waals surface area contributed by atoms with Crippen molar-refractivity contribution in [2.75, 3.05) is 0 Å². The van der Waals surface area contributed by atoms with E-state index in [-0.39, 0.29) is 15.5 Å². The molecule has 6 nitrogen and oxygen atoms in total. The molecule has 144 valence electrons. The van der Waals surface area contributed by atoms with Crippen molar-refractivity contribution in [3.05, 3.63) is 61.5 Å². The van der Waals surface area contributed by atoms with Gasteiger partial charge in [0.15, 0.2) is 5.58 Å². The highest BCUT2D eigenvalue weighted by atomic mass is 35.5. The van der Waals surface area contributed by atoms with Gasteiger partial charge in [0, 0.05) is 29.2 Å². The molecule has 0 saturated heterocycles. The van der Waals surface area contributed by atoms with Crippen molar-refractivity contribution >= 4 is 55.9 Å². The van der Waals surface area contributed by atoms with Crippen LogP contribution in [0.3, 0.4) is 0 Å². The summed E-state index contributed by atoms with van der Waals surface area (Å²) in [7, 11) is -2.54. The van der Waals surface area contributed by atoms with Crippen LogP contribution in [0.1, 0.15) is 24.9 Å². The molecular formula is C17H15Cl3N2O4S. The standard InChI is InChI=1S/C17H15Cl3N2O4S/c1-3-13(10-6-9(18)4-5-11(10)19)21-27(24,25)16-8-14-15(7-12(16)20)26-17(23)22(14)2/h4-8,13,21H,3H2,1-2H3/t13-/m0/s1. The Kier molecular flexibility index (Phi) is 5.61. The van der Waals surface area contributed by atoms with Gasteiger partial charge < -0.3 is 4.42 Å². The van der Waals surface area contributed by atoms with Gasteiger partial charge in [-0.25, -0.2) is 17.9 Å². The number of nitrogens with zero attached hydrogens (tertiary/aromatic N) is 1. The van der Waals surface area contributed by atoms with Crippen LogP contribution in [0.15, 0.2) is 44.4 Å². The van der Waals surface area contributed by atoms with Crippen LogP contribution in [0.5, 0.6) is 0 Å². The second-order valence-electron chi connectivity index (χ2n) is 5.93. The first-order valence-electron chi connectivity index (χ1n) is 7.90. The van der Waals surface area contributed by atoms with Crippen LogP contribution >= 0.6 is 34.8 Å². The fourth-order valence-electron chi connectivity index (χ4n) is 2.73. The van der Waals surface area contributed by atoms with E-state index in [1.54, 1.807) is 18.2 Å². The number of hydrogen-bond acceptors (Lipinski definition) is 4. The monoisotopic (exact) mass is 448 g/mol. The molecule has 0 fully saturated rings. The van der Waals surface area contributed by atoms with Gasteiger partial charge in [0.25, 0.3) is 0 Å². The van der Waals surface area contributed by atoms with E-state index in [9.17, 15) is 13.2 Å². The minimum absolute atomic E-state index is 0.0589. The summed E-state index contributed by atoms with van der Waals surface area (Å²) in [6.07, 6.45) is 0.434. The Labute approximate surface area is 170 Å². The minimum Gasteiger partial charge on any atom is -0.408 e. The zero-order valence-corrected chi connectivity index (χ0v) is 17.4. The second-order valence-corrected chi connectivity index (χ2v) is 8.86. The van der Waals surface area contributed by atoms with Crippen LogP contribution in [0, 0.1) is 0 Å². The van der Waals surface area contributed by atoms with Crippen molar-refractivity contribution < 1.29 is 12.8 Å². The summed E-state index contributed by atoms with van der Waals surface area (Å²) < 4.78 is 34.8. The van der Waals surface area contributed by atoms with Gasteiger partial charge in [0.2, 0.25) is 10.0 Å². The molecule has 0 radical (unpaired) electrons. The van der Waals surface area contributed by atoms with Crippen LogP contribution in [-0.2, 0) is 17.1 Å². The van der Waals surface area contributed by atoms with Crippen molar-refractivity contribution in [3.8, 4) is 0 Å². The number of aromatic nitrogens is 1. The quantitative estimate of drug-likeness (QED) is 0.621. The molecule has 0 aliphatic rings. The first-order chi connectivity index (χ1) is 12.6. The maximum atomic E-state index is 13.0. The third kappa shape index (κ3) is 3.88. The number of benzene rings is 2. The molecule has 0 saturated carbocycles. The largest absolute Gasteiger partial charge is 0.419 e. The van der Waals surface area contributed by atoms with Crippen molar-refractivity contribution in [3.63, 3.8) is 0 Å². The number of oxazole rings is 1. The lowest BCUT2D eigenvalue weighted by Crippen LogP contribution is -2.29. The van der Waals surface area contributed by atoms with Crippen LogP contribution in [0.2, 0.25) is 15.1 Å². The molecule has 0 bridgehead atoms. The molecule has 0 spiro atoms. The maximum Gasteiger partial charge on any atom is 0.419 e. The van der Waals surface area contributed by atoms with Crippen molar-refractivity contribution in [2.24, 2.45) is 7.05 Å². The lowest BCUT2D eigenvalue weighted by molar-refractivity contribution is 0.528. The number of sulfonamides is 1. The van der Waals surface area contributed by atoms with Crippen LogP contribution < -0.4 is 10.5 Å². The van der Waals surface area contributed by atoms with Gasteiger partial charge >= 0.3 is 5.76 Å². The van der Waals surface area contributed by atoms with Gasteiger partial charge in [-0.2, -0.15) is 0 Å². The Balaban J connectivity index is 2.06. The zero-order chi connectivity index (χ0) is 19.9. The van der Waals surface area contributed by atoms with Gasteiger partial charge in [-0.15, -0.1) is 0 Å². The molecule has 10 heteroatoms. The molecular weight excluding hydrogens is 435 g/mol. The van der Waals surface area contributed by atoms with Crippen molar-refractivity contribution in [1.82, 2.24) is 9.29 Å². The number of nitrogens with one attached hydrogen (secondary N) is 1. The molecule has 2 aromatic carbocycles. The molecule has 27 heavy (non-hydrogen) atoms. The van der Waals surface area contributed by atoms with Gasteiger partial charge in [-0.3, -0.25) is 4.57 Å². The van der Waals surface area contributed by atoms with E-state index in [0.29, 0.717) is 27.5 Å². The summed E-state index contributed by atoms with van der Waals surface area (Å²) in [6, 6.07) is 6.85. The van der Waals surface area contributed by atoms with Crippen molar-refractivity contribution in [1.29, 1.82) is 0 Å². The maximum absolute atomic E-state index is 13.0. The van der Waals surface area contributed by atoms with Crippen LogP contribution in [0.4, 0.5) is 0 Å². The summed E-state index contributed by atoms with van der Waals surface area (Å²) >= 11 is 18.4. The summed E-state index contributed by atoms with van der Waals surface area (Å²) in [4.78, 5) is 11.5. The molecule has 1 heterocycles. The molecule has 1 N–H and O–H groups in total. The number of halogens is 3. The summed E-state index contributed by atoms with van der Waals surface area (Å²) in [6.45, 7) is 1.81. The predicted octanol–water partition coefficient (Wildman–Crippen LogP) is 4.52. The summed E-state index contributed by atoms with van der Waals surface area (Å²) in [5.74, 6) is -0.610. The average molecular weight is 450 g/mol. The third-order valence-electron chi connectivity index (χ3n) is 4.17. The molecule has 1 aromatic heterocycles. The number of fused-ring (bicyclic) bond motifs is 1. The second kappa shape index (κ2) is 7.48. The lowest BCUT2D eigenvalue weighted by atomic mass is 10.1.